The third-order valence-corrected chi connectivity index (χ3v) is 3.99. The molecule has 2 N–H and O–H groups in total. The smallest absolute Gasteiger partial charge is 0.306 e. The van der Waals surface area contributed by atoms with E-state index in [0.717, 1.165) is 11.3 Å². The fourth-order valence-corrected chi connectivity index (χ4v) is 2.70. The lowest BCUT2D eigenvalue weighted by atomic mass is 9.82. The van der Waals surface area contributed by atoms with Gasteiger partial charge in [-0.1, -0.05) is 6.07 Å². The minimum atomic E-state index is -1.46. The summed E-state index contributed by atoms with van der Waals surface area (Å²) in [5.74, 6) is -1.08. The Bertz CT molecular complexity index is 590. The molecule has 1 aromatic carbocycles. The second kappa shape index (κ2) is 4.31. The highest BCUT2D eigenvalue weighted by Crippen LogP contribution is 2.42. The highest BCUT2D eigenvalue weighted by atomic mass is 16.4. The summed E-state index contributed by atoms with van der Waals surface area (Å²) in [5.41, 5.74) is -0.00143. The van der Waals surface area contributed by atoms with Gasteiger partial charge in [0.15, 0.2) is 0 Å². The Kier molecular flexibility index (Phi) is 3.13. The van der Waals surface area contributed by atoms with Gasteiger partial charge in [0.05, 0.1) is 17.4 Å². The van der Waals surface area contributed by atoms with Crippen molar-refractivity contribution >= 4 is 17.6 Å². The van der Waals surface area contributed by atoms with E-state index in [9.17, 15) is 14.7 Å². The Morgan fingerprint density at radius 3 is 2.55 bits per heavy atom. The SMILES string of the molecule is CN1C(=O)C(C)(C)c2cc(C(C)(O)CC(=O)O)ccc21. The number of carboxylic acids is 1. The van der Waals surface area contributed by atoms with Gasteiger partial charge in [0.25, 0.3) is 0 Å². The van der Waals surface area contributed by atoms with E-state index in [0.29, 0.717) is 5.56 Å². The van der Waals surface area contributed by atoms with Crippen LogP contribution in [-0.2, 0) is 20.6 Å². The quantitative estimate of drug-likeness (QED) is 0.880. The molecule has 1 aliphatic heterocycles. The zero-order valence-electron chi connectivity index (χ0n) is 12.1. The first-order valence-electron chi connectivity index (χ1n) is 6.45. The number of hydrogen-bond donors (Lipinski definition) is 2. The second-order valence-electron chi connectivity index (χ2n) is 6.07. The van der Waals surface area contributed by atoms with Crippen LogP contribution in [0, 0.1) is 0 Å². The second-order valence-corrected chi connectivity index (χ2v) is 6.07. The first-order chi connectivity index (χ1) is 9.07. The fraction of sp³-hybridized carbons (Fsp3) is 0.467. The molecule has 5 heteroatoms. The molecule has 1 heterocycles. The normalized spacial score (nSPS) is 19.6. The zero-order chi connectivity index (χ0) is 15.3. The summed E-state index contributed by atoms with van der Waals surface area (Å²) in [4.78, 5) is 24.6. The van der Waals surface area contributed by atoms with Crippen molar-refractivity contribution in [1.82, 2.24) is 0 Å². The fourth-order valence-electron chi connectivity index (χ4n) is 2.70. The maximum absolute atomic E-state index is 12.2. The Morgan fingerprint density at radius 2 is 2.00 bits per heavy atom. The van der Waals surface area contributed by atoms with Crippen molar-refractivity contribution in [2.24, 2.45) is 0 Å². The molecule has 0 saturated carbocycles. The number of nitrogens with zero attached hydrogens (tertiary/aromatic N) is 1. The summed E-state index contributed by atoms with van der Waals surface area (Å²) in [6, 6.07) is 5.17. The minimum Gasteiger partial charge on any atom is -0.481 e. The Hall–Kier alpha value is -1.88. The standard InChI is InChI=1S/C15H19NO4/c1-14(2)10-7-9(15(3,20)8-12(17)18)5-6-11(10)16(4)13(14)19/h5-7,20H,8H2,1-4H3,(H,17,18). The zero-order valence-corrected chi connectivity index (χ0v) is 12.1. The van der Waals surface area contributed by atoms with E-state index in [1.807, 2.05) is 13.8 Å². The van der Waals surface area contributed by atoms with E-state index in [1.54, 1.807) is 30.1 Å². The third-order valence-electron chi connectivity index (χ3n) is 3.99. The van der Waals surface area contributed by atoms with Gasteiger partial charge >= 0.3 is 5.97 Å². The Morgan fingerprint density at radius 1 is 1.40 bits per heavy atom. The molecule has 20 heavy (non-hydrogen) atoms. The van der Waals surface area contributed by atoms with E-state index in [1.165, 1.54) is 6.92 Å². The van der Waals surface area contributed by atoms with Gasteiger partial charge in [-0.2, -0.15) is 0 Å². The summed E-state index contributed by atoms with van der Waals surface area (Å²) in [7, 11) is 1.71. The summed E-state index contributed by atoms with van der Waals surface area (Å²) < 4.78 is 0. The number of aliphatic hydroxyl groups is 1. The number of carbonyl (C=O) groups is 2. The first-order valence-corrected chi connectivity index (χ1v) is 6.45. The average molecular weight is 277 g/mol. The molecule has 0 aliphatic carbocycles. The minimum absolute atomic E-state index is 0.0115. The van der Waals surface area contributed by atoms with Gasteiger partial charge < -0.3 is 15.1 Å². The molecule has 2 rings (SSSR count). The topological polar surface area (TPSA) is 77.8 Å². The maximum Gasteiger partial charge on any atom is 0.306 e. The predicted molar refractivity (Wildman–Crippen MR) is 74.7 cm³/mol. The van der Waals surface area contributed by atoms with E-state index < -0.39 is 17.0 Å². The number of carboxylic acid groups (broad SMARTS) is 1. The van der Waals surface area contributed by atoms with E-state index in [4.69, 9.17) is 5.11 Å². The number of hydrogen-bond acceptors (Lipinski definition) is 3. The van der Waals surface area contributed by atoms with Gasteiger partial charge in [0, 0.05) is 12.7 Å². The van der Waals surface area contributed by atoms with Crippen molar-refractivity contribution in [1.29, 1.82) is 0 Å². The van der Waals surface area contributed by atoms with Gasteiger partial charge in [0.2, 0.25) is 5.91 Å². The molecular formula is C15H19NO4. The van der Waals surface area contributed by atoms with Crippen molar-refractivity contribution in [2.75, 3.05) is 11.9 Å². The van der Waals surface area contributed by atoms with Crippen LogP contribution in [-0.4, -0.2) is 29.1 Å². The summed E-state index contributed by atoms with van der Waals surface area (Å²) in [6.07, 6.45) is -0.379. The Labute approximate surface area is 117 Å². The van der Waals surface area contributed by atoms with Crippen molar-refractivity contribution in [2.45, 2.75) is 38.2 Å². The van der Waals surface area contributed by atoms with Gasteiger partial charge in [-0.25, -0.2) is 0 Å². The van der Waals surface area contributed by atoms with Crippen LogP contribution >= 0.6 is 0 Å². The average Bonchev–Trinajstić information content (AvgIpc) is 2.49. The predicted octanol–water partition coefficient (Wildman–Crippen LogP) is 1.62. The number of benzene rings is 1. The first kappa shape index (κ1) is 14.5. The molecule has 1 atom stereocenters. The number of fused-ring (bicyclic) bond motifs is 1. The molecule has 0 spiro atoms. The van der Waals surface area contributed by atoms with E-state index in [2.05, 4.69) is 0 Å². The van der Waals surface area contributed by atoms with Crippen molar-refractivity contribution < 1.29 is 19.8 Å². The van der Waals surface area contributed by atoms with Crippen molar-refractivity contribution in [3.63, 3.8) is 0 Å². The summed E-state index contributed by atoms with van der Waals surface area (Å²) >= 11 is 0. The van der Waals surface area contributed by atoms with Crippen LogP contribution < -0.4 is 4.90 Å². The van der Waals surface area contributed by atoms with Crippen LogP contribution in [0.25, 0.3) is 0 Å². The van der Waals surface area contributed by atoms with E-state index >= 15 is 0 Å². The van der Waals surface area contributed by atoms with Gasteiger partial charge in [-0.3, -0.25) is 9.59 Å². The number of aliphatic carboxylic acids is 1. The van der Waals surface area contributed by atoms with Gasteiger partial charge in [-0.15, -0.1) is 0 Å². The van der Waals surface area contributed by atoms with Crippen LogP contribution in [0.1, 0.15) is 38.3 Å². The Balaban J connectivity index is 2.51. The summed E-state index contributed by atoms with van der Waals surface area (Å²) in [5, 5.41) is 19.2. The molecule has 1 aromatic rings. The monoisotopic (exact) mass is 277 g/mol. The molecule has 1 amide bonds. The lowest BCUT2D eigenvalue weighted by molar-refractivity contribution is -0.142. The largest absolute Gasteiger partial charge is 0.481 e. The number of rotatable bonds is 3. The molecule has 0 fully saturated rings. The van der Waals surface area contributed by atoms with Crippen LogP contribution in [0.15, 0.2) is 18.2 Å². The maximum atomic E-state index is 12.2. The third kappa shape index (κ3) is 2.08. The molecule has 1 unspecified atom stereocenters. The molecule has 0 radical (unpaired) electrons. The molecule has 5 nitrogen and oxygen atoms in total. The van der Waals surface area contributed by atoms with Crippen molar-refractivity contribution in [3.8, 4) is 0 Å². The lowest BCUT2D eigenvalue weighted by Gasteiger charge is -2.24. The molecular weight excluding hydrogens is 258 g/mol. The highest BCUT2D eigenvalue weighted by Gasteiger charge is 2.43. The van der Waals surface area contributed by atoms with Crippen LogP contribution in [0.3, 0.4) is 0 Å². The van der Waals surface area contributed by atoms with Crippen LogP contribution in [0.4, 0.5) is 5.69 Å². The summed E-state index contributed by atoms with van der Waals surface area (Å²) in [6.45, 7) is 5.12. The highest BCUT2D eigenvalue weighted by molar-refractivity contribution is 6.07. The lowest BCUT2D eigenvalue weighted by Crippen LogP contribution is -2.33. The number of carbonyl (C=O) groups excluding carboxylic acids is 1. The number of likely N-dealkylation sites (N-methyl/N-ethyl adjacent to an activating group) is 1. The van der Waals surface area contributed by atoms with Crippen LogP contribution in [0.5, 0.6) is 0 Å². The molecule has 0 aromatic heterocycles. The number of amides is 1. The van der Waals surface area contributed by atoms with E-state index in [-0.39, 0.29) is 12.3 Å². The van der Waals surface area contributed by atoms with Crippen LogP contribution in [0.2, 0.25) is 0 Å². The molecule has 1 aliphatic rings. The molecule has 108 valence electrons. The van der Waals surface area contributed by atoms with Crippen molar-refractivity contribution in [3.05, 3.63) is 29.3 Å². The molecule has 0 saturated heterocycles. The van der Waals surface area contributed by atoms with Gasteiger partial charge in [0.1, 0.15) is 0 Å². The number of anilines is 1. The van der Waals surface area contributed by atoms with Gasteiger partial charge in [-0.05, 0) is 44.0 Å². The molecule has 0 bridgehead atoms.